The Hall–Kier alpha value is -2.51. The quantitative estimate of drug-likeness (QED) is 0.596. The number of rotatable bonds is 8. The number of imidazole rings is 1. The zero-order chi connectivity index (χ0) is 19.2. The van der Waals surface area contributed by atoms with Gasteiger partial charge in [-0.1, -0.05) is 18.2 Å². The van der Waals surface area contributed by atoms with Gasteiger partial charge in [0.25, 0.3) is 5.91 Å². The molecule has 5 nitrogen and oxygen atoms in total. The minimum absolute atomic E-state index is 0.0168. The van der Waals surface area contributed by atoms with Crippen LogP contribution in [0.4, 0.5) is 4.39 Å². The maximum Gasteiger partial charge on any atom is 0.264 e. The summed E-state index contributed by atoms with van der Waals surface area (Å²) in [4.78, 5) is 21.9. The van der Waals surface area contributed by atoms with E-state index in [9.17, 15) is 9.18 Å². The molecule has 0 fully saturated rings. The number of carbonyl (C=O) groups is 1. The highest BCUT2D eigenvalue weighted by molar-refractivity contribution is 7.12. The van der Waals surface area contributed by atoms with Crippen LogP contribution in [-0.2, 0) is 13.1 Å². The van der Waals surface area contributed by atoms with E-state index in [2.05, 4.69) is 9.88 Å². The molecule has 0 aliphatic rings. The SMILES string of the molecule is CN(C)CCN(Cc1nccn1Cc1ccc(F)cc1)C(=O)c1cccs1. The molecule has 0 saturated heterocycles. The molecule has 0 aliphatic carbocycles. The van der Waals surface area contributed by atoms with Gasteiger partial charge in [0.2, 0.25) is 0 Å². The van der Waals surface area contributed by atoms with E-state index in [1.807, 2.05) is 47.3 Å². The molecule has 1 aromatic carbocycles. The third kappa shape index (κ3) is 5.24. The number of thiophene rings is 1. The summed E-state index contributed by atoms with van der Waals surface area (Å²) in [6.07, 6.45) is 3.62. The molecular formula is C20H23FN4OS. The molecule has 0 aliphatic heterocycles. The molecule has 0 radical (unpaired) electrons. The molecule has 0 atom stereocenters. The molecule has 7 heteroatoms. The first-order valence-electron chi connectivity index (χ1n) is 8.75. The standard InChI is InChI=1S/C20H23FN4OS/c1-23(2)11-12-25(20(26)18-4-3-13-27-18)15-19-22-9-10-24(19)14-16-5-7-17(21)8-6-16/h3-10,13H,11-12,14-15H2,1-2H3. The van der Waals surface area contributed by atoms with E-state index < -0.39 is 0 Å². The van der Waals surface area contributed by atoms with E-state index in [1.54, 1.807) is 18.3 Å². The van der Waals surface area contributed by atoms with Crippen LogP contribution in [0.2, 0.25) is 0 Å². The van der Waals surface area contributed by atoms with Crippen LogP contribution in [0.5, 0.6) is 0 Å². The van der Waals surface area contributed by atoms with Crippen LogP contribution in [-0.4, -0.2) is 52.4 Å². The second-order valence-corrected chi connectivity index (χ2v) is 7.55. The van der Waals surface area contributed by atoms with Gasteiger partial charge in [-0.15, -0.1) is 11.3 Å². The zero-order valence-electron chi connectivity index (χ0n) is 15.5. The summed E-state index contributed by atoms with van der Waals surface area (Å²) in [6.45, 7) is 2.41. The number of amides is 1. The predicted octanol–water partition coefficient (Wildman–Crippen LogP) is 3.34. The molecule has 2 heterocycles. The van der Waals surface area contributed by atoms with Crippen LogP contribution in [0, 0.1) is 5.82 Å². The number of likely N-dealkylation sites (N-methyl/N-ethyl adjacent to an activating group) is 1. The molecule has 1 amide bonds. The molecule has 0 bridgehead atoms. The fourth-order valence-corrected chi connectivity index (χ4v) is 3.41. The third-order valence-electron chi connectivity index (χ3n) is 4.24. The number of halogens is 1. The third-order valence-corrected chi connectivity index (χ3v) is 5.09. The van der Waals surface area contributed by atoms with E-state index >= 15 is 0 Å². The Bertz CT molecular complexity index is 859. The summed E-state index contributed by atoms with van der Waals surface area (Å²) < 4.78 is 15.1. The monoisotopic (exact) mass is 386 g/mol. The van der Waals surface area contributed by atoms with Crippen molar-refractivity contribution in [2.45, 2.75) is 13.1 Å². The van der Waals surface area contributed by atoms with Gasteiger partial charge in [-0.05, 0) is 43.2 Å². The highest BCUT2D eigenvalue weighted by Gasteiger charge is 2.19. The number of hydrogen-bond donors (Lipinski definition) is 0. The Balaban J connectivity index is 1.76. The lowest BCUT2D eigenvalue weighted by atomic mass is 10.2. The average molecular weight is 386 g/mol. The topological polar surface area (TPSA) is 41.4 Å². The van der Waals surface area contributed by atoms with Crippen molar-refractivity contribution < 1.29 is 9.18 Å². The molecule has 0 spiro atoms. The molecular weight excluding hydrogens is 363 g/mol. The van der Waals surface area contributed by atoms with Gasteiger partial charge in [0.15, 0.2) is 0 Å². The molecule has 0 N–H and O–H groups in total. The average Bonchev–Trinajstić information content (AvgIpc) is 3.32. The number of benzene rings is 1. The maximum atomic E-state index is 13.1. The van der Waals surface area contributed by atoms with E-state index in [4.69, 9.17) is 0 Å². The van der Waals surface area contributed by atoms with Gasteiger partial charge in [0, 0.05) is 32.0 Å². The number of hydrogen-bond acceptors (Lipinski definition) is 4. The number of nitrogens with zero attached hydrogens (tertiary/aromatic N) is 4. The van der Waals surface area contributed by atoms with Crippen molar-refractivity contribution in [3.63, 3.8) is 0 Å². The van der Waals surface area contributed by atoms with Crippen LogP contribution in [0.3, 0.4) is 0 Å². The lowest BCUT2D eigenvalue weighted by Crippen LogP contribution is -2.36. The summed E-state index contributed by atoms with van der Waals surface area (Å²) in [5.41, 5.74) is 0.986. The van der Waals surface area contributed by atoms with Gasteiger partial charge < -0.3 is 14.4 Å². The first-order chi connectivity index (χ1) is 13.0. The minimum atomic E-state index is -0.249. The Labute approximate surface area is 162 Å². The second-order valence-electron chi connectivity index (χ2n) is 6.61. The van der Waals surface area contributed by atoms with Crippen molar-refractivity contribution in [3.8, 4) is 0 Å². The van der Waals surface area contributed by atoms with Gasteiger partial charge in [-0.2, -0.15) is 0 Å². The van der Waals surface area contributed by atoms with E-state index in [0.717, 1.165) is 22.8 Å². The fourth-order valence-electron chi connectivity index (χ4n) is 2.72. The first kappa shape index (κ1) is 19.3. The van der Waals surface area contributed by atoms with Crippen molar-refractivity contribution in [1.29, 1.82) is 0 Å². The van der Waals surface area contributed by atoms with Gasteiger partial charge in [-0.25, -0.2) is 9.37 Å². The molecule has 142 valence electrons. The fraction of sp³-hybridized carbons (Fsp3) is 0.300. The van der Waals surface area contributed by atoms with Gasteiger partial charge in [0.05, 0.1) is 11.4 Å². The Morgan fingerprint density at radius 3 is 2.63 bits per heavy atom. The zero-order valence-corrected chi connectivity index (χ0v) is 16.3. The number of carbonyl (C=O) groups excluding carboxylic acids is 1. The highest BCUT2D eigenvalue weighted by Crippen LogP contribution is 2.15. The van der Waals surface area contributed by atoms with Crippen molar-refractivity contribution in [2.24, 2.45) is 0 Å². The smallest absolute Gasteiger partial charge is 0.264 e. The van der Waals surface area contributed by atoms with E-state index in [1.165, 1.54) is 23.5 Å². The van der Waals surface area contributed by atoms with E-state index in [0.29, 0.717) is 19.6 Å². The van der Waals surface area contributed by atoms with Crippen LogP contribution in [0.1, 0.15) is 21.1 Å². The largest absolute Gasteiger partial charge is 0.329 e. The van der Waals surface area contributed by atoms with Gasteiger partial charge >= 0.3 is 0 Å². The van der Waals surface area contributed by atoms with Gasteiger partial charge in [-0.3, -0.25) is 4.79 Å². The van der Waals surface area contributed by atoms with Crippen molar-refractivity contribution in [3.05, 3.63) is 76.3 Å². The first-order valence-corrected chi connectivity index (χ1v) is 9.63. The Morgan fingerprint density at radius 1 is 1.19 bits per heavy atom. The summed E-state index contributed by atoms with van der Waals surface area (Å²) in [5.74, 6) is 0.576. The summed E-state index contributed by atoms with van der Waals surface area (Å²) in [5, 5.41) is 1.91. The molecule has 3 aromatic rings. The highest BCUT2D eigenvalue weighted by atomic mass is 32.1. The lowest BCUT2D eigenvalue weighted by molar-refractivity contribution is 0.0730. The maximum absolute atomic E-state index is 13.1. The summed E-state index contributed by atoms with van der Waals surface area (Å²) in [6, 6.07) is 10.2. The van der Waals surface area contributed by atoms with Crippen molar-refractivity contribution in [2.75, 3.05) is 27.2 Å². The van der Waals surface area contributed by atoms with Crippen LogP contribution in [0.25, 0.3) is 0 Å². The lowest BCUT2D eigenvalue weighted by Gasteiger charge is -2.24. The normalized spacial score (nSPS) is 11.1. The molecule has 3 rings (SSSR count). The van der Waals surface area contributed by atoms with Crippen molar-refractivity contribution >= 4 is 17.2 Å². The van der Waals surface area contributed by atoms with Crippen LogP contribution >= 0.6 is 11.3 Å². The molecule has 27 heavy (non-hydrogen) atoms. The minimum Gasteiger partial charge on any atom is -0.329 e. The second kappa shape index (κ2) is 8.92. The summed E-state index contributed by atoms with van der Waals surface area (Å²) >= 11 is 1.45. The summed E-state index contributed by atoms with van der Waals surface area (Å²) in [7, 11) is 3.98. The number of aromatic nitrogens is 2. The Kier molecular flexibility index (Phi) is 6.36. The van der Waals surface area contributed by atoms with Crippen LogP contribution in [0.15, 0.2) is 54.2 Å². The predicted molar refractivity (Wildman–Crippen MR) is 105 cm³/mol. The van der Waals surface area contributed by atoms with Crippen molar-refractivity contribution in [1.82, 2.24) is 19.4 Å². The molecule has 0 saturated carbocycles. The molecule has 0 unspecified atom stereocenters. The van der Waals surface area contributed by atoms with Gasteiger partial charge in [0.1, 0.15) is 11.6 Å². The molecule has 2 aromatic heterocycles. The van der Waals surface area contributed by atoms with Crippen LogP contribution < -0.4 is 0 Å². The van der Waals surface area contributed by atoms with E-state index in [-0.39, 0.29) is 11.7 Å². The Morgan fingerprint density at radius 2 is 1.96 bits per heavy atom.